The first kappa shape index (κ1) is 12.0. The summed E-state index contributed by atoms with van der Waals surface area (Å²) in [6, 6.07) is 5.82. The van der Waals surface area contributed by atoms with Crippen LogP contribution >= 0.6 is 0 Å². The fraction of sp³-hybridized carbons (Fsp3) is 0.231. The second kappa shape index (κ2) is 4.63. The zero-order valence-corrected chi connectivity index (χ0v) is 9.66. The Bertz CT molecular complexity index is 484. The van der Waals surface area contributed by atoms with Crippen LogP contribution in [0.3, 0.4) is 0 Å². The van der Waals surface area contributed by atoms with Gasteiger partial charge in [0.25, 0.3) is 5.91 Å². The maximum Gasteiger partial charge on any atom is 0.259 e. The monoisotopic (exact) mass is 214 g/mol. The molecule has 1 amide bonds. The van der Waals surface area contributed by atoms with Gasteiger partial charge in [0.05, 0.1) is 0 Å². The van der Waals surface area contributed by atoms with E-state index in [0.29, 0.717) is 0 Å². The summed E-state index contributed by atoms with van der Waals surface area (Å²) in [6.45, 7) is 5.90. The third-order valence-electron chi connectivity index (χ3n) is 2.41. The Balaban J connectivity index is 3.36. The van der Waals surface area contributed by atoms with E-state index < -0.39 is 5.91 Å². The number of primary amides is 1. The molecule has 1 rings (SSSR count). The number of nitrogens with zero attached hydrogens (tertiary/aromatic N) is 1. The van der Waals surface area contributed by atoms with Crippen LogP contribution in [0.5, 0.6) is 0 Å². The van der Waals surface area contributed by atoms with Crippen molar-refractivity contribution >= 4 is 12.0 Å². The SMILES string of the molecule is Cc1cc(C)c(/C=C(\C#N)C(N)=O)c(C)c1. The van der Waals surface area contributed by atoms with Crippen molar-refractivity contribution in [2.45, 2.75) is 20.8 Å². The summed E-state index contributed by atoms with van der Waals surface area (Å²) in [4.78, 5) is 11.0. The van der Waals surface area contributed by atoms with E-state index in [9.17, 15) is 4.79 Å². The minimum absolute atomic E-state index is 0.0185. The molecule has 1 aromatic carbocycles. The highest BCUT2D eigenvalue weighted by Gasteiger charge is 2.07. The molecular weight excluding hydrogens is 200 g/mol. The molecule has 0 radical (unpaired) electrons. The molecule has 3 nitrogen and oxygen atoms in total. The number of amides is 1. The first-order valence-corrected chi connectivity index (χ1v) is 4.95. The Hall–Kier alpha value is -2.08. The molecule has 0 spiro atoms. The molecule has 0 atom stereocenters. The van der Waals surface area contributed by atoms with Gasteiger partial charge < -0.3 is 5.73 Å². The molecule has 0 aliphatic rings. The van der Waals surface area contributed by atoms with Crippen molar-refractivity contribution in [1.29, 1.82) is 5.26 Å². The van der Waals surface area contributed by atoms with E-state index in [-0.39, 0.29) is 5.57 Å². The minimum Gasteiger partial charge on any atom is -0.365 e. The molecule has 0 saturated heterocycles. The lowest BCUT2D eigenvalue weighted by Gasteiger charge is -2.07. The summed E-state index contributed by atoms with van der Waals surface area (Å²) in [5, 5.41) is 8.78. The van der Waals surface area contributed by atoms with E-state index in [0.717, 1.165) is 22.3 Å². The minimum atomic E-state index is -0.693. The number of hydrogen-bond acceptors (Lipinski definition) is 2. The summed E-state index contributed by atoms with van der Waals surface area (Å²) in [6.07, 6.45) is 1.55. The van der Waals surface area contributed by atoms with Crippen LogP contribution in [0.2, 0.25) is 0 Å². The topological polar surface area (TPSA) is 66.9 Å². The van der Waals surface area contributed by atoms with Crippen LogP contribution in [0.25, 0.3) is 6.08 Å². The number of nitriles is 1. The largest absolute Gasteiger partial charge is 0.365 e. The lowest BCUT2D eigenvalue weighted by molar-refractivity contribution is -0.114. The van der Waals surface area contributed by atoms with Crippen molar-refractivity contribution in [2.75, 3.05) is 0 Å². The second-order valence-electron chi connectivity index (χ2n) is 3.85. The highest BCUT2D eigenvalue weighted by Crippen LogP contribution is 2.19. The fourth-order valence-corrected chi connectivity index (χ4v) is 1.72. The molecule has 1 aromatic rings. The van der Waals surface area contributed by atoms with Crippen LogP contribution in [-0.4, -0.2) is 5.91 Å². The van der Waals surface area contributed by atoms with Crippen LogP contribution in [0.4, 0.5) is 0 Å². The van der Waals surface area contributed by atoms with Crippen molar-refractivity contribution in [3.63, 3.8) is 0 Å². The predicted octanol–water partition coefficient (Wildman–Crippen LogP) is 2.00. The van der Waals surface area contributed by atoms with Crippen LogP contribution in [-0.2, 0) is 4.79 Å². The Morgan fingerprint density at radius 3 is 2.19 bits per heavy atom. The molecule has 0 aliphatic carbocycles. The number of rotatable bonds is 2. The van der Waals surface area contributed by atoms with E-state index in [1.165, 1.54) is 0 Å². The van der Waals surface area contributed by atoms with Crippen molar-refractivity contribution in [3.8, 4) is 6.07 Å². The molecule has 0 saturated carbocycles. The van der Waals surface area contributed by atoms with Gasteiger partial charge in [0.2, 0.25) is 0 Å². The highest BCUT2D eigenvalue weighted by atomic mass is 16.1. The third-order valence-corrected chi connectivity index (χ3v) is 2.41. The van der Waals surface area contributed by atoms with Crippen LogP contribution in [0.15, 0.2) is 17.7 Å². The summed E-state index contributed by atoms with van der Waals surface area (Å²) in [5.41, 5.74) is 9.19. The van der Waals surface area contributed by atoms with Gasteiger partial charge >= 0.3 is 0 Å². The Morgan fingerprint density at radius 2 is 1.81 bits per heavy atom. The molecule has 2 N–H and O–H groups in total. The van der Waals surface area contributed by atoms with E-state index in [1.807, 2.05) is 32.9 Å². The smallest absolute Gasteiger partial charge is 0.259 e. The molecule has 0 aliphatic heterocycles. The molecule has 0 heterocycles. The van der Waals surface area contributed by atoms with Crippen molar-refractivity contribution in [1.82, 2.24) is 0 Å². The first-order chi connectivity index (χ1) is 7.45. The van der Waals surface area contributed by atoms with Gasteiger partial charge in [-0.3, -0.25) is 4.79 Å². The molecule has 0 unspecified atom stereocenters. The normalized spacial score (nSPS) is 11.0. The van der Waals surface area contributed by atoms with Crippen molar-refractivity contribution in [3.05, 3.63) is 40.0 Å². The summed E-state index contributed by atoms with van der Waals surface area (Å²) in [5.74, 6) is -0.693. The molecule has 0 aromatic heterocycles. The maximum absolute atomic E-state index is 11.0. The lowest BCUT2D eigenvalue weighted by atomic mass is 9.98. The molecule has 0 fully saturated rings. The standard InChI is InChI=1S/C13H14N2O/c1-8-4-9(2)12(10(3)5-8)6-11(7-14)13(15)16/h4-6H,1-3H3,(H2,15,16)/b11-6+. The molecule has 82 valence electrons. The molecule has 3 heteroatoms. The quantitative estimate of drug-likeness (QED) is 0.604. The van der Waals surface area contributed by atoms with E-state index in [4.69, 9.17) is 11.0 Å². The number of carbonyl (C=O) groups is 1. The zero-order chi connectivity index (χ0) is 12.3. The zero-order valence-electron chi connectivity index (χ0n) is 9.66. The number of benzene rings is 1. The number of aryl methyl sites for hydroxylation is 3. The lowest BCUT2D eigenvalue weighted by Crippen LogP contribution is -2.12. The van der Waals surface area contributed by atoms with Crippen LogP contribution in [0.1, 0.15) is 22.3 Å². The van der Waals surface area contributed by atoms with E-state index in [1.54, 1.807) is 12.1 Å². The van der Waals surface area contributed by atoms with Gasteiger partial charge in [0, 0.05) is 0 Å². The summed E-state index contributed by atoms with van der Waals surface area (Å²) in [7, 11) is 0. The summed E-state index contributed by atoms with van der Waals surface area (Å²) >= 11 is 0. The number of hydrogen-bond donors (Lipinski definition) is 1. The average Bonchev–Trinajstić information content (AvgIpc) is 2.15. The van der Waals surface area contributed by atoms with Gasteiger partial charge in [0.1, 0.15) is 11.6 Å². The Morgan fingerprint density at radius 1 is 1.31 bits per heavy atom. The van der Waals surface area contributed by atoms with Crippen molar-refractivity contribution < 1.29 is 4.79 Å². The molecule has 16 heavy (non-hydrogen) atoms. The molecular formula is C13H14N2O. The van der Waals surface area contributed by atoms with Crippen LogP contribution < -0.4 is 5.73 Å². The second-order valence-corrected chi connectivity index (χ2v) is 3.85. The first-order valence-electron chi connectivity index (χ1n) is 4.95. The fourth-order valence-electron chi connectivity index (χ4n) is 1.72. The summed E-state index contributed by atoms with van der Waals surface area (Å²) < 4.78 is 0. The van der Waals surface area contributed by atoms with E-state index >= 15 is 0 Å². The Labute approximate surface area is 95.2 Å². The third kappa shape index (κ3) is 2.48. The van der Waals surface area contributed by atoms with Gasteiger partial charge in [-0.2, -0.15) is 5.26 Å². The van der Waals surface area contributed by atoms with Crippen LogP contribution in [0, 0.1) is 32.1 Å². The number of nitrogens with two attached hydrogens (primary N) is 1. The van der Waals surface area contributed by atoms with Gasteiger partial charge in [-0.15, -0.1) is 0 Å². The van der Waals surface area contributed by atoms with E-state index in [2.05, 4.69) is 0 Å². The van der Waals surface area contributed by atoms with Gasteiger partial charge in [-0.1, -0.05) is 17.7 Å². The average molecular weight is 214 g/mol. The van der Waals surface area contributed by atoms with Crippen molar-refractivity contribution in [2.24, 2.45) is 5.73 Å². The van der Waals surface area contributed by atoms with Gasteiger partial charge in [-0.05, 0) is 43.5 Å². The Kier molecular flexibility index (Phi) is 3.47. The predicted molar refractivity (Wildman–Crippen MR) is 63.4 cm³/mol. The van der Waals surface area contributed by atoms with Gasteiger partial charge in [-0.25, -0.2) is 0 Å². The maximum atomic E-state index is 11.0. The van der Waals surface area contributed by atoms with Gasteiger partial charge in [0.15, 0.2) is 0 Å². The number of carbonyl (C=O) groups excluding carboxylic acids is 1. The molecule has 0 bridgehead atoms. The highest BCUT2D eigenvalue weighted by molar-refractivity contribution is 6.00.